The molecule has 4 nitrogen and oxygen atoms in total. The van der Waals surface area contributed by atoms with Gasteiger partial charge in [0.1, 0.15) is 0 Å². The van der Waals surface area contributed by atoms with Gasteiger partial charge in [-0.1, -0.05) is 12.1 Å². The maximum absolute atomic E-state index is 13.1. The molecule has 1 aliphatic rings. The molecule has 8 heteroatoms. The van der Waals surface area contributed by atoms with Crippen molar-refractivity contribution in [2.24, 2.45) is 0 Å². The SMILES string of the molecule is CC(c1cccc(C(F)(F)F)c1)N(C1CC1)S(=O)(=O)c1ccc(C#N)cc1. The largest absolute Gasteiger partial charge is 0.416 e. The molecule has 27 heavy (non-hydrogen) atoms. The van der Waals surface area contributed by atoms with E-state index in [1.54, 1.807) is 6.92 Å². The van der Waals surface area contributed by atoms with Crippen LogP contribution in [0.15, 0.2) is 53.4 Å². The van der Waals surface area contributed by atoms with Crippen LogP contribution in [0.2, 0.25) is 0 Å². The fraction of sp³-hybridized carbons (Fsp3) is 0.316. The Hall–Kier alpha value is -2.37. The summed E-state index contributed by atoms with van der Waals surface area (Å²) < 4.78 is 66.6. The van der Waals surface area contributed by atoms with E-state index in [1.807, 2.05) is 6.07 Å². The quantitative estimate of drug-likeness (QED) is 0.751. The highest BCUT2D eigenvalue weighted by molar-refractivity contribution is 7.89. The van der Waals surface area contributed by atoms with Crippen molar-refractivity contribution >= 4 is 10.0 Å². The second-order valence-corrected chi connectivity index (χ2v) is 8.34. The lowest BCUT2D eigenvalue weighted by Crippen LogP contribution is -2.35. The van der Waals surface area contributed by atoms with E-state index in [1.165, 1.54) is 40.7 Å². The molecule has 1 aliphatic carbocycles. The third-order valence-corrected chi connectivity index (χ3v) is 6.58. The number of rotatable bonds is 5. The molecule has 1 fully saturated rings. The van der Waals surface area contributed by atoms with Crippen LogP contribution in [0, 0.1) is 11.3 Å². The summed E-state index contributed by atoms with van der Waals surface area (Å²) in [4.78, 5) is 0.0206. The van der Waals surface area contributed by atoms with E-state index in [9.17, 15) is 21.6 Å². The Morgan fingerprint density at radius 2 is 1.78 bits per heavy atom. The number of nitriles is 1. The van der Waals surface area contributed by atoms with E-state index in [2.05, 4.69) is 0 Å². The first-order valence-electron chi connectivity index (χ1n) is 8.35. The smallest absolute Gasteiger partial charge is 0.207 e. The number of benzene rings is 2. The average Bonchev–Trinajstić information content (AvgIpc) is 3.46. The van der Waals surface area contributed by atoms with E-state index < -0.39 is 27.8 Å². The summed E-state index contributed by atoms with van der Waals surface area (Å²) in [6.07, 6.45) is -3.16. The Morgan fingerprint density at radius 3 is 2.30 bits per heavy atom. The van der Waals surface area contributed by atoms with Crippen LogP contribution in [0.25, 0.3) is 0 Å². The number of hydrogen-bond donors (Lipinski definition) is 0. The standard InChI is InChI=1S/C19H17F3N2O2S/c1-13(15-3-2-4-16(11-15)19(20,21)22)24(17-7-8-17)27(25,26)18-9-5-14(12-23)6-10-18/h2-6,9-11,13,17H,7-8H2,1H3. The van der Waals surface area contributed by atoms with Gasteiger partial charge >= 0.3 is 6.18 Å². The molecule has 2 aromatic rings. The first-order chi connectivity index (χ1) is 12.6. The van der Waals surface area contributed by atoms with Gasteiger partial charge in [-0.05, 0) is 61.7 Å². The summed E-state index contributed by atoms with van der Waals surface area (Å²) in [6, 6.07) is 11.2. The van der Waals surface area contributed by atoms with Gasteiger partial charge in [-0.25, -0.2) is 8.42 Å². The van der Waals surface area contributed by atoms with Crippen LogP contribution in [0.5, 0.6) is 0 Å². The summed E-state index contributed by atoms with van der Waals surface area (Å²) in [5.74, 6) is 0. The molecule has 142 valence electrons. The fourth-order valence-corrected chi connectivity index (χ4v) is 4.86. The van der Waals surface area contributed by atoms with Crippen molar-refractivity contribution in [3.05, 3.63) is 65.2 Å². The van der Waals surface area contributed by atoms with Gasteiger partial charge in [-0.2, -0.15) is 22.7 Å². The number of nitrogens with zero attached hydrogens (tertiary/aromatic N) is 2. The zero-order valence-electron chi connectivity index (χ0n) is 14.4. The first kappa shape index (κ1) is 19.4. The number of alkyl halides is 3. The summed E-state index contributed by atoms with van der Waals surface area (Å²) in [5.41, 5.74) is -0.190. The predicted octanol–water partition coefficient (Wildman–Crippen LogP) is 4.49. The molecule has 3 rings (SSSR count). The molecule has 0 spiro atoms. The molecule has 0 aliphatic heterocycles. The van der Waals surface area contributed by atoms with E-state index in [0.717, 1.165) is 12.1 Å². The van der Waals surface area contributed by atoms with Gasteiger partial charge < -0.3 is 0 Å². The molecule has 0 heterocycles. The van der Waals surface area contributed by atoms with Gasteiger partial charge in [0.2, 0.25) is 10.0 Å². The molecule has 0 bridgehead atoms. The van der Waals surface area contributed by atoms with Crippen molar-refractivity contribution in [2.75, 3.05) is 0 Å². The van der Waals surface area contributed by atoms with Gasteiger partial charge in [-0.3, -0.25) is 0 Å². The highest BCUT2D eigenvalue weighted by atomic mass is 32.2. The van der Waals surface area contributed by atoms with Gasteiger partial charge in [0, 0.05) is 12.1 Å². The first-order valence-corrected chi connectivity index (χ1v) is 9.79. The van der Waals surface area contributed by atoms with Gasteiger partial charge in [0.15, 0.2) is 0 Å². The molecule has 2 aromatic carbocycles. The minimum atomic E-state index is -4.49. The van der Waals surface area contributed by atoms with Crippen molar-refractivity contribution in [3.8, 4) is 6.07 Å². The third-order valence-electron chi connectivity index (χ3n) is 4.54. The molecule has 0 saturated heterocycles. The molecule has 1 unspecified atom stereocenters. The Kier molecular flexibility index (Phi) is 5.02. The fourth-order valence-electron chi connectivity index (χ4n) is 2.99. The normalized spacial score (nSPS) is 16.1. The molecule has 1 atom stereocenters. The Labute approximate surface area is 155 Å². The number of hydrogen-bond acceptors (Lipinski definition) is 3. The van der Waals surface area contributed by atoms with Crippen molar-refractivity contribution in [1.82, 2.24) is 4.31 Å². The Bertz CT molecular complexity index is 975. The minimum absolute atomic E-state index is 0.0206. The highest BCUT2D eigenvalue weighted by Crippen LogP contribution is 2.40. The molecule has 0 aromatic heterocycles. The second kappa shape index (κ2) is 6.98. The molecule has 0 radical (unpaired) electrons. The Morgan fingerprint density at radius 1 is 1.15 bits per heavy atom. The lowest BCUT2D eigenvalue weighted by Gasteiger charge is -2.29. The minimum Gasteiger partial charge on any atom is -0.207 e. The van der Waals surface area contributed by atoms with Crippen molar-refractivity contribution in [3.63, 3.8) is 0 Å². The number of halogens is 3. The predicted molar refractivity (Wildman–Crippen MR) is 93.1 cm³/mol. The number of sulfonamides is 1. The summed E-state index contributed by atoms with van der Waals surface area (Å²) in [7, 11) is -3.92. The van der Waals surface area contributed by atoms with E-state index in [4.69, 9.17) is 5.26 Å². The zero-order valence-corrected chi connectivity index (χ0v) is 15.3. The van der Waals surface area contributed by atoms with Crippen molar-refractivity contribution < 1.29 is 21.6 Å². The lowest BCUT2D eigenvalue weighted by molar-refractivity contribution is -0.137. The van der Waals surface area contributed by atoms with Crippen LogP contribution >= 0.6 is 0 Å². The Balaban J connectivity index is 1.99. The summed E-state index contributed by atoms with van der Waals surface area (Å²) in [5, 5.41) is 8.87. The van der Waals surface area contributed by atoms with Crippen LogP contribution in [-0.2, 0) is 16.2 Å². The van der Waals surface area contributed by atoms with E-state index in [-0.39, 0.29) is 16.5 Å². The van der Waals surface area contributed by atoms with Crippen LogP contribution < -0.4 is 0 Å². The lowest BCUT2D eigenvalue weighted by atomic mass is 10.0. The van der Waals surface area contributed by atoms with E-state index in [0.29, 0.717) is 18.4 Å². The molecular weight excluding hydrogens is 377 g/mol. The van der Waals surface area contributed by atoms with Gasteiger partial charge in [0.05, 0.1) is 22.1 Å². The highest BCUT2D eigenvalue weighted by Gasteiger charge is 2.42. The summed E-state index contributed by atoms with van der Waals surface area (Å²) >= 11 is 0. The van der Waals surface area contributed by atoms with Crippen LogP contribution in [0.1, 0.15) is 42.5 Å². The topological polar surface area (TPSA) is 61.2 Å². The second-order valence-electron chi connectivity index (χ2n) is 6.50. The maximum Gasteiger partial charge on any atom is 0.416 e. The molecule has 1 saturated carbocycles. The van der Waals surface area contributed by atoms with Gasteiger partial charge in [-0.15, -0.1) is 0 Å². The van der Waals surface area contributed by atoms with Crippen LogP contribution in [0.3, 0.4) is 0 Å². The molecule has 0 amide bonds. The van der Waals surface area contributed by atoms with Crippen molar-refractivity contribution in [1.29, 1.82) is 5.26 Å². The molecule has 0 N–H and O–H groups in total. The van der Waals surface area contributed by atoms with Crippen LogP contribution in [0.4, 0.5) is 13.2 Å². The monoisotopic (exact) mass is 394 g/mol. The third kappa shape index (κ3) is 3.99. The molecular formula is C19H17F3N2O2S. The van der Waals surface area contributed by atoms with Crippen LogP contribution in [-0.4, -0.2) is 18.8 Å². The van der Waals surface area contributed by atoms with Gasteiger partial charge in [0.25, 0.3) is 0 Å². The average molecular weight is 394 g/mol. The summed E-state index contributed by atoms with van der Waals surface area (Å²) in [6.45, 7) is 1.59. The zero-order chi connectivity index (χ0) is 19.8. The van der Waals surface area contributed by atoms with E-state index >= 15 is 0 Å². The van der Waals surface area contributed by atoms with Crippen molar-refractivity contribution in [2.45, 2.75) is 42.9 Å². The maximum atomic E-state index is 13.1.